The van der Waals surface area contributed by atoms with Gasteiger partial charge in [-0.3, -0.25) is 0 Å². The van der Waals surface area contributed by atoms with E-state index in [1.807, 2.05) is 32.9 Å². The van der Waals surface area contributed by atoms with Crippen molar-refractivity contribution in [2.24, 2.45) is 5.11 Å². The van der Waals surface area contributed by atoms with Crippen molar-refractivity contribution < 1.29 is 9.53 Å². The summed E-state index contributed by atoms with van der Waals surface area (Å²) in [5, 5.41) is 6.17. The molecule has 0 fully saturated rings. The van der Waals surface area contributed by atoms with Crippen LogP contribution < -0.4 is 10.1 Å². The van der Waals surface area contributed by atoms with Gasteiger partial charge in [-0.1, -0.05) is 12.1 Å². The minimum absolute atomic E-state index is 0.279. The fourth-order valence-electron chi connectivity index (χ4n) is 1.91. The van der Waals surface area contributed by atoms with E-state index < -0.39 is 6.09 Å². The summed E-state index contributed by atoms with van der Waals surface area (Å²) in [6.45, 7) is 5.64. The van der Waals surface area contributed by atoms with Gasteiger partial charge in [-0.2, -0.15) is 0 Å². The number of hydrogen-bond donors (Lipinski definition) is 1. The maximum Gasteiger partial charge on any atom is 0.413 e. The van der Waals surface area contributed by atoms with Gasteiger partial charge in [0.15, 0.2) is 0 Å². The van der Waals surface area contributed by atoms with Crippen molar-refractivity contribution in [2.75, 3.05) is 0 Å². The third-order valence-corrected chi connectivity index (χ3v) is 2.85. The van der Waals surface area contributed by atoms with E-state index in [2.05, 4.69) is 25.3 Å². The Labute approximate surface area is 139 Å². The third kappa shape index (κ3) is 5.58. The maximum absolute atomic E-state index is 11.7. The molecule has 0 aliphatic carbocycles. The van der Waals surface area contributed by atoms with Crippen LogP contribution in [0.2, 0.25) is 0 Å². The van der Waals surface area contributed by atoms with E-state index in [1.54, 1.807) is 18.2 Å². The molecule has 1 N–H and O–H groups in total. The molecule has 124 valence electrons. The Hall–Kier alpha value is -3.12. The minimum atomic E-state index is -0.495. The van der Waals surface area contributed by atoms with E-state index in [1.165, 1.54) is 6.33 Å². The number of azide groups is 1. The zero-order valence-corrected chi connectivity index (χ0v) is 13.7. The Morgan fingerprint density at radius 2 is 2.00 bits per heavy atom. The molecule has 1 aromatic carbocycles. The first kappa shape index (κ1) is 17.2. The zero-order valence-electron chi connectivity index (χ0n) is 13.7. The molecular weight excluding hydrogens is 308 g/mol. The fourth-order valence-corrected chi connectivity index (χ4v) is 1.91. The van der Waals surface area contributed by atoms with Crippen LogP contribution in [-0.4, -0.2) is 21.6 Å². The lowest BCUT2D eigenvalue weighted by Crippen LogP contribution is -2.42. The van der Waals surface area contributed by atoms with Crippen molar-refractivity contribution in [3.8, 4) is 5.75 Å². The van der Waals surface area contributed by atoms with Gasteiger partial charge in [0.2, 0.25) is 0 Å². The predicted octanol–water partition coefficient (Wildman–Crippen LogP) is 3.90. The van der Waals surface area contributed by atoms with Gasteiger partial charge < -0.3 is 10.1 Å². The second-order valence-corrected chi connectivity index (χ2v) is 6.14. The van der Waals surface area contributed by atoms with Gasteiger partial charge in [0.05, 0.1) is 0 Å². The Kier molecular flexibility index (Phi) is 5.34. The van der Waals surface area contributed by atoms with Crippen LogP contribution in [0.25, 0.3) is 10.4 Å². The molecule has 0 radical (unpaired) electrons. The van der Waals surface area contributed by atoms with Crippen LogP contribution in [0, 0.1) is 0 Å². The summed E-state index contributed by atoms with van der Waals surface area (Å²) in [4.78, 5) is 22.4. The number of nitrogens with one attached hydrogen (secondary N) is 1. The second-order valence-electron chi connectivity index (χ2n) is 6.14. The Bertz CT molecular complexity index is 761. The lowest BCUT2D eigenvalue weighted by molar-refractivity contribution is 0.190. The summed E-state index contributed by atoms with van der Waals surface area (Å²) in [5.74, 6) is 0.735. The van der Waals surface area contributed by atoms with Crippen molar-refractivity contribution in [3.05, 3.63) is 58.4 Å². The maximum atomic E-state index is 11.7. The summed E-state index contributed by atoms with van der Waals surface area (Å²) in [6.07, 6.45) is 1.41. The van der Waals surface area contributed by atoms with Crippen LogP contribution in [0.4, 0.5) is 10.6 Å². The molecule has 0 atom stereocenters. The van der Waals surface area contributed by atoms with Crippen molar-refractivity contribution >= 4 is 11.9 Å². The quantitative estimate of drug-likeness (QED) is 0.521. The molecule has 0 bridgehead atoms. The molecule has 1 heterocycles. The molecule has 24 heavy (non-hydrogen) atoms. The lowest BCUT2D eigenvalue weighted by Gasteiger charge is -2.19. The first-order valence-corrected chi connectivity index (χ1v) is 7.31. The number of ether oxygens (including phenoxy) is 1. The highest BCUT2D eigenvalue weighted by atomic mass is 16.6. The fraction of sp³-hybridized carbons (Fsp3) is 0.312. The highest BCUT2D eigenvalue weighted by molar-refractivity contribution is 5.71. The number of aromatic nitrogens is 2. The number of hydrogen-bond acceptors (Lipinski definition) is 5. The minimum Gasteiger partial charge on any atom is -0.410 e. The highest BCUT2D eigenvalue weighted by Gasteiger charge is 2.15. The largest absolute Gasteiger partial charge is 0.413 e. The molecule has 1 amide bonds. The van der Waals surface area contributed by atoms with Crippen LogP contribution in [0.3, 0.4) is 0 Å². The molecule has 8 heteroatoms. The Morgan fingerprint density at radius 1 is 1.29 bits per heavy atom. The van der Waals surface area contributed by atoms with Crippen LogP contribution >= 0.6 is 0 Å². The summed E-state index contributed by atoms with van der Waals surface area (Å²) in [7, 11) is 0. The first-order valence-electron chi connectivity index (χ1n) is 7.31. The smallest absolute Gasteiger partial charge is 0.410 e. The topological polar surface area (TPSA) is 113 Å². The number of amides is 1. The van der Waals surface area contributed by atoms with Gasteiger partial charge >= 0.3 is 6.09 Å². The molecule has 0 unspecified atom stereocenters. The van der Waals surface area contributed by atoms with Gasteiger partial charge in [-0.25, -0.2) is 14.8 Å². The lowest BCUT2D eigenvalue weighted by atomic mass is 10.1. The Balaban J connectivity index is 2.00. The SMILES string of the molecule is CC(C)(C)NC(=O)Oc1ccc(Cc2cc(N=[N+]=[N-])ncn2)cc1. The molecule has 0 aliphatic heterocycles. The van der Waals surface area contributed by atoms with Crippen molar-refractivity contribution in [2.45, 2.75) is 32.7 Å². The third-order valence-electron chi connectivity index (χ3n) is 2.85. The average molecular weight is 326 g/mol. The van der Waals surface area contributed by atoms with E-state index in [-0.39, 0.29) is 11.4 Å². The van der Waals surface area contributed by atoms with Crippen LogP contribution in [0.5, 0.6) is 5.75 Å². The zero-order chi connectivity index (χ0) is 17.6. The second kappa shape index (κ2) is 7.43. The highest BCUT2D eigenvalue weighted by Crippen LogP contribution is 2.16. The van der Waals surface area contributed by atoms with Gasteiger partial charge in [-0.15, -0.1) is 0 Å². The summed E-state index contributed by atoms with van der Waals surface area (Å²) < 4.78 is 5.22. The van der Waals surface area contributed by atoms with Gasteiger partial charge in [0.1, 0.15) is 17.9 Å². The number of carbonyl (C=O) groups excluding carboxylic acids is 1. The van der Waals surface area contributed by atoms with Crippen LogP contribution in [0.1, 0.15) is 32.0 Å². The number of rotatable bonds is 4. The summed E-state index contributed by atoms with van der Waals surface area (Å²) >= 11 is 0. The van der Waals surface area contributed by atoms with E-state index >= 15 is 0 Å². The Morgan fingerprint density at radius 3 is 2.62 bits per heavy atom. The van der Waals surface area contributed by atoms with E-state index in [0.717, 1.165) is 11.3 Å². The standard InChI is InChI=1S/C16H18N6O2/c1-16(2,3)20-15(23)24-13-6-4-11(5-7-13)8-12-9-14(21-22-17)19-10-18-12/h4-7,9-10H,8H2,1-3H3,(H,20,23). The molecule has 8 nitrogen and oxygen atoms in total. The van der Waals surface area contributed by atoms with Gasteiger partial charge in [0, 0.05) is 22.6 Å². The molecule has 2 aromatic rings. The molecule has 2 rings (SSSR count). The van der Waals surface area contributed by atoms with Crippen molar-refractivity contribution in [1.29, 1.82) is 0 Å². The summed E-state index contributed by atoms with van der Waals surface area (Å²) in [6, 6.07) is 8.74. The monoisotopic (exact) mass is 326 g/mol. The number of benzene rings is 1. The molecule has 0 aliphatic rings. The van der Waals surface area contributed by atoms with Gasteiger partial charge in [0.25, 0.3) is 0 Å². The van der Waals surface area contributed by atoms with Crippen molar-refractivity contribution in [1.82, 2.24) is 15.3 Å². The van der Waals surface area contributed by atoms with Crippen LogP contribution in [0.15, 0.2) is 41.8 Å². The number of nitrogens with zero attached hydrogens (tertiary/aromatic N) is 5. The molecule has 0 saturated carbocycles. The number of carbonyl (C=O) groups is 1. The molecule has 0 saturated heterocycles. The average Bonchev–Trinajstić information content (AvgIpc) is 2.48. The normalized spacial score (nSPS) is 10.6. The van der Waals surface area contributed by atoms with E-state index in [4.69, 9.17) is 10.3 Å². The van der Waals surface area contributed by atoms with Crippen molar-refractivity contribution in [3.63, 3.8) is 0 Å². The van der Waals surface area contributed by atoms with E-state index in [0.29, 0.717) is 12.2 Å². The molecule has 1 aromatic heterocycles. The van der Waals surface area contributed by atoms with E-state index in [9.17, 15) is 4.79 Å². The van der Waals surface area contributed by atoms with Crippen LogP contribution in [-0.2, 0) is 6.42 Å². The molecular formula is C16H18N6O2. The first-order chi connectivity index (χ1) is 11.4. The summed E-state index contributed by atoms with van der Waals surface area (Å²) in [5.41, 5.74) is 9.78. The molecule has 0 spiro atoms. The van der Waals surface area contributed by atoms with Gasteiger partial charge in [-0.05, 0) is 55.2 Å². The predicted molar refractivity (Wildman–Crippen MR) is 89.0 cm³/mol.